The second-order valence-electron chi connectivity index (χ2n) is 4.94. The minimum absolute atomic E-state index is 0.143. The third kappa shape index (κ3) is 4.40. The average molecular weight is 289 g/mol. The number of rotatable bonds is 4. The van der Waals surface area contributed by atoms with Crippen LogP contribution >= 0.6 is 0 Å². The Morgan fingerprint density at radius 2 is 2.29 bits per heavy atom. The Morgan fingerprint density at radius 1 is 1.43 bits per heavy atom. The number of ether oxygens (including phenoxy) is 1. The second-order valence-corrected chi connectivity index (χ2v) is 4.94. The van der Waals surface area contributed by atoms with Crippen molar-refractivity contribution in [3.8, 4) is 23.3 Å². The molecule has 2 rings (SSSR count). The zero-order valence-electron chi connectivity index (χ0n) is 11.9. The number of hydrogen-bond acceptors (Lipinski definition) is 4. The number of aryl methyl sites for hydroxylation is 1. The Kier molecular flexibility index (Phi) is 5.47. The van der Waals surface area contributed by atoms with Gasteiger partial charge in [0.2, 0.25) is 0 Å². The molecule has 0 aromatic heterocycles. The minimum Gasteiger partial charge on any atom is -0.489 e. The summed E-state index contributed by atoms with van der Waals surface area (Å²) in [5.41, 5.74) is 1.88. The summed E-state index contributed by atoms with van der Waals surface area (Å²) in [6.45, 7) is 0.670. The van der Waals surface area contributed by atoms with Gasteiger partial charge in [0.15, 0.2) is 11.5 Å². The lowest BCUT2D eigenvalue weighted by Crippen LogP contribution is -2.06. The molecule has 5 nitrogen and oxygen atoms in total. The molecule has 0 saturated heterocycles. The lowest BCUT2D eigenvalue weighted by molar-refractivity contribution is -0.137. The summed E-state index contributed by atoms with van der Waals surface area (Å²) < 4.78 is 5.68. The maximum atomic E-state index is 10.4. The van der Waals surface area contributed by atoms with Crippen molar-refractivity contribution < 1.29 is 19.5 Å². The smallest absolute Gasteiger partial charge is 0.303 e. The molecular formula is C16H19NO4. The fraction of sp³-hybridized carbons (Fsp3) is 0.438. The van der Waals surface area contributed by atoms with Crippen LogP contribution in [0.25, 0.3) is 0 Å². The van der Waals surface area contributed by atoms with Gasteiger partial charge in [-0.15, -0.1) is 0 Å². The zero-order valence-corrected chi connectivity index (χ0v) is 11.9. The predicted molar refractivity (Wildman–Crippen MR) is 78.1 cm³/mol. The van der Waals surface area contributed by atoms with Crippen LogP contribution in [0.4, 0.5) is 0 Å². The van der Waals surface area contributed by atoms with Crippen molar-refractivity contribution in [2.24, 2.45) is 5.90 Å². The molecule has 1 aliphatic heterocycles. The number of carboxylic acid groups (broad SMARTS) is 1. The van der Waals surface area contributed by atoms with Gasteiger partial charge in [0.1, 0.15) is 0 Å². The molecule has 1 heterocycles. The van der Waals surface area contributed by atoms with Crippen LogP contribution < -0.4 is 15.5 Å². The van der Waals surface area contributed by atoms with Crippen LogP contribution in [-0.4, -0.2) is 17.7 Å². The molecule has 112 valence electrons. The normalized spacial score (nSPS) is 13.2. The van der Waals surface area contributed by atoms with Crippen molar-refractivity contribution in [2.45, 2.75) is 38.5 Å². The van der Waals surface area contributed by atoms with Crippen LogP contribution in [0.15, 0.2) is 12.1 Å². The van der Waals surface area contributed by atoms with E-state index >= 15 is 0 Å². The highest BCUT2D eigenvalue weighted by Gasteiger charge is 2.15. The number of unbranched alkanes of at least 4 members (excludes halogenated alkanes) is 1. The summed E-state index contributed by atoms with van der Waals surface area (Å²) >= 11 is 0. The van der Waals surface area contributed by atoms with Crippen molar-refractivity contribution in [1.82, 2.24) is 0 Å². The van der Waals surface area contributed by atoms with Crippen LogP contribution in [-0.2, 0) is 11.2 Å². The Hall–Kier alpha value is -2.19. The number of aliphatic carboxylic acids is 1. The van der Waals surface area contributed by atoms with Gasteiger partial charge in [0, 0.05) is 24.5 Å². The lowest BCUT2D eigenvalue weighted by atomic mass is 10.0. The van der Waals surface area contributed by atoms with Gasteiger partial charge in [-0.3, -0.25) is 4.79 Å². The molecule has 5 heteroatoms. The van der Waals surface area contributed by atoms with Crippen LogP contribution in [0.2, 0.25) is 0 Å². The summed E-state index contributed by atoms with van der Waals surface area (Å²) in [6.07, 6.45) is 4.24. The Balaban J connectivity index is 2.12. The molecule has 1 aromatic carbocycles. The number of carboxylic acids is 1. The van der Waals surface area contributed by atoms with Crippen LogP contribution in [0.5, 0.6) is 11.5 Å². The van der Waals surface area contributed by atoms with Gasteiger partial charge in [-0.1, -0.05) is 11.8 Å². The molecule has 0 atom stereocenters. The molecule has 0 spiro atoms. The van der Waals surface area contributed by atoms with E-state index in [0.29, 0.717) is 30.9 Å². The highest BCUT2D eigenvalue weighted by molar-refractivity contribution is 5.66. The second kappa shape index (κ2) is 7.55. The van der Waals surface area contributed by atoms with E-state index in [0.717, 1.165) is 30.4 Å². The number of hydrogen-bond donors (Lipinski definition) is 2. The molecule has 3 N–H and O–H groups in total. The summed E-state index contributed by atoms with van der Waals surface area (Å²) in [4.78, 5) is 15.3. The first kappa shape index (κ1) is 15.2. The topological polar surface area (TPSA) is 81.8 Å². The number of carbonyl (C=O) groups is 1. The summed E-state index contributed by atoms with van der Waals surface area (Å²) in [5, 5.41) is 8.56. The van der Waals surface area contributed by atoms with Gasteiger partial charge >= 0.3 is 5.97 Å². The maximum absolute atomic E-state index is 10.4. The molecule has 0 unspecified atom stereocenters. The summed E-state index contributed by atoms with van der Waals surface area (Å²) in [7, 11) is 0. The first-order valence-corrected chi connectivity index (χ1v) is 7.08. The van der Waals surface area contributed by atoms with Crippen LogP contribution in [0.3, 0.4) is 0 Å². The average Bonchev–Trinajstić information content (AvgIpc) is 2.71. The van der Waals surface area contributed by atoms with Crippen molar-refractivity contribution >= 4 is 5.97 Å². The van der Waals surface area contributed by atoms with E-state index in [1.165, 1.54) is 0 Å². The molecule has 0 amide bonds. The molecular weight excluding hydrogens is 270 g/mol. The van der Waals surface area contributed by atoms with Crippen molar-refractivity contribution in [2.75, 3.05) is 6.61 Å². The van der Waals surface area contributed by atoms with Gasteiger partial charge in [0.05, 0.1) is 6.61 Å². The summed E-state index contributed by atoms with van der Waals surface area (Å²) in [6, 6.07) is 3.75. The quantitative estimate of drug-likeness (QED) is 0.505. The molecule has 1 aliphatic rings. The predicted octanol–water partition coefficient (Wildman–Crippen LogP) is 2.26. The molecule has 0 saturated carbocycles. The van der Waals surface area contributed by atoms with Gasteiger partial charge in [0.25, 0.3) is 0 Å². The Bertz CT molecular complexity index is 572. The fourth-order valence-corrected chi connectivity index (χ4v) is 2.25. The number of nitrogens with two attached hydrogens (primary N) is 1. The minimum atomic E-state index is -0.794. The zero-order chi connectivity index (χ0) is 15.1. The van der Waals surface area contributed by atoms with Crippen molar-refractivity contribution in [3.05, 3.63) is 23.3 Å². The molecule has 0 radical (unpaired) electrons. The Morgan fingerprint density at radius 3 is 3.05 bits per heavy atom. The van der Waals surface area contributed by atoms with E-state index in [1.54, 1.807) is 6.07 Å². The van der Waals surface area contributed by atoms with E-state index in [-0.39, 0.29) is 6.42 Å². The standard InChI is InChI=1S/C16H19NO4/c17-21-14-11-12(6-2-1-3-8-15(18)19)10-13-7-4-5-9-20-16(13)14/h10-11H,1,3-5,7-9,17H2,(H,18,19). The van der Waals surface area contributed by atoms with Gasteiger partial charge < -0.3 is 14.7 Å². The molecule has 0 bridgehead atoms. The maximum Gasteiger partial charge on any atom is 0.303 e. The fourth-order valence-electron chi connectivity index (χ4n) is 2.25. The van der Waals surface area contributed by atoms with Gasteiger partial charge in [-0.05, 0) is 37.3 Å². The lowest BCUT2D eigenvalue weighted by Gasteiger charge is -2.11. The van der Waals surface area contributed by atoms with E-state index in [2.05, 4.69) is 11.8 Å². The van der Waals surface area contributed by atoms with E-state index in [9.17, 15) is 4.79 Å². The third-order valence-electron chi connectivity index (χ3n) is 3.27. The van der Waals surface area contributed by atoms with E-state index < -0.39 is 5.97 Å². The van der Waals surface area contributed by atoms with Crippen LogP contribution in [0.1, 0.15) is 43.2 Å². The van der Waals surface area contributed by atoms with E-state index in [1.807, 2.05) is 6.07 Å². The van der Waals surface area contributed by atoms with Gasteiger partial charge in [-0.2, -0.15) is 5.90 Å². The first-order valence-electron chi connectivity index (χ1n) is 7.08. The molecule has 1 aromatic rings. The van der Waals surface area contributed by atoms with Crippen molar-refractivity contribution in [3.63, 3.8) is 0 Å². The molecule has 0 aliphatic carbocycles. The largest absolute Gasteiger partial charge is 0.489 e. The van der Waals surface area contributed by atoms with Crippen molar-refractivity contribution in [1.29, 1.82) is 0 Å². The molecule has 21 heavy (non-hydrogen) atoms. The number of benzene rings is 1. The number of fused-ring (bicyclic) bond motifs is 1. The SMILES string of the molecule is NOc1cc(C#CCCCC(=O)O)cc2c1OCCCC2. The highest BCUT2D eigenvalue weighted by atomic mass is 16.6. The third-order valence-corrected chi connectivity index (χ3v) is 3.27. The Labute approximate surface area is 124 Å². The highest BCUT2D eigenvalue weighted by Crippen LogP contribution is 2.35. The van der Waals surface area contributed by atoms with E-state index in [4.69, 9.17) is 20.6 Å². The summed E-state index contributed by atoms with van der Waals surface area (Å²) in [5.74, 6) is 11.7. The van der Waals surface area contributed by atoms with Gasteiger partial charge in [-0.25, -0.2) is 0 Å². The monoisotopic (exact) mass is 289 g/mol. The molecule has 0 fully saturated rings. The van der Waals surface area contributed by atoms with Crippen LogP contribution in [0, 0.1) is 11.8 Å². The first-order chi connectivity index (χ1) is 10.2.